The number of carboxylic acids is 1. The van der Waals surface area contributed by atoms with Crippen molar-refractivity contribution in [3.05, 3.63) is 35.4 Å². The van der Waals surface area contributed by atoms with Crippen LogP contribution in [0.4, 0.5) is 13.2 Å². The molecule has 1 aromatic rings. The fourth-order valence-electron chi connectivity index (χ4n) is 3.08. The topological polar surface area (TPSA) is 57.6 Å². The minimum atomic E-state index is -4.46. The molecule has 1 amide bonds. The van der Waals surface area contributed by atoms with Crippen LogP contribution in [0.3, 0.4) is 0 Å². The van der Waals surface area contributed by atoms with E-state index >= 15 is 0 Å². The Labute approximate surface area is 138 Å². The van der Waals surface area contributed by atoms with Gasteiger partial charge in [-0.25, -0.2) is 0 Å². The van der Waals surface area contributed by atoms with E-state index in [0.717, 1.165) is 12.1 Å². The van der Waals surface area contributed by atoms with Gasteiger partial charge in [0, 0.05) is 13.1 Å². The normalized spacial score (nSPS) is 19.8. The van der Waals surface area contributed by atoms with E-state index < -0.39 is 29.5 Å². The quantitative estimate of drug-likeness (QED) is 0.910. The zero-order valence-electron chi connectivity index (χ0n) is 13.3. The molecule has 0 aliphatic carbocycles. The maximum atomic E-state index is 12.9. The Morgan fingerprint density at radius 1 is 1.38 bits per heavy atom. The van der Waals surface area contributed by atoms with Gasteiger partial charge in [0.2, 0.25) is 5.91 Å². The fraction of sp³-hybridized carbons (Fsp3) is 0.529. The minimum Gasteiger partial charge on any atom is -0.481 e. The summed E-state index contributed by atoms with van der Waals surface area (Å²) in [5.74, 6) is -2.55. The van der Waals surface area contributed by atoms with Gasteiger partial charge in [0.1, 0.15) is 0 Å². The third kappa shape index (κ3) is 4.07. The maximum Gasteiger partial charge on any atom is 0.416 e. The molecule has 4 nitrogen and oxygen atoms in total. The van der Waals surface area contributed by atoms with Gasteiger partial charge in [-0.15, -0.1) is 0 Å². The molecule has 1 aromatic carbocycles. The first-order chi connectivity index (χ1) is 11.2. The summed E-state index contributed by atoms with van der Waals surface area (Å²) in [6, 6.07) is 4.79. The summed E-state index contributed by atoms with van der Waals surface area (Å²) >= 11 is 0. The number of carboxylic acid groups (broad SMARTS) is 1. The van der Waals surface area contributed by atoms with Gasteiger partial charge in [-0.1, -0.05) is 25.1 Å². The van der Waals surface area contributed by atoms with Crippen molar-refractivity contribution in [3.8, 4) is 0 Å². The van der Waals surface area contributed by atoms with E-state index in [0.29, 0.717) is 31.4 Å². The molecule has 0 radical (unpaired) electrons. The maximum absolute atomic E-state index is 12.9. The summed E-state index contributed by atoms with van der Waals surface area (Å²) in [6.07, 6.45) is -3.01. The van der Waals surface area contributed by atoms with E-state index in [1.54, 1.807) is 6.92 Å². The number of benzene rings is 1. The summed E-state index contributed by atoms with van der Waals surface area (Å²) in [5.41, 5.74) is -0.469. The number of likely N-dealkylation sites (tertiary alicyclic amines) is 1. The molecule has 2 atom stereocenters. The Balaban J connectivity index is 2.21. The predicted octanol–water partition coefficient (Wildman–Crippen LogP) is 3.52. The van der Waals surface area contributed by atoms with Crippen molar-refractivity contribution in [1.29, 1.82) is 0 Å². The second kappa shape index (κ2) is 7.23. The van der Waals surface area contributed by atoms with Gasteiger partial charge in [-0.2, -0.15) is 13.2 Å². The lowest BCUT2D eigenvalue weighted by Crippen LogP contribution is -2.44. The monoisotopic (exact) mass is 343 g/mol. The summed E-state index contributed by atoms with van der Waals surface area (Å²) < 4.78 is 38.6. The molecule has 0 spiro atoms. The number of amides is 1. The van der Waals surface area contributed by atoms with Crippen LogP contribution in [0.25, 0.3) is 0 Å². The lowest BCUT2D eigenvalue weighted by atomic mass is 9.91. The second-order valence-corrected chi connectivity index (χ2v) is 6.05. The zero-order chi connectivity index (χ0) is 17.9. The lowest BCUT2D eigenvalue weighted by molar-refractivity contribution is -0.146. The highest BCUT2D eigenvalue weighted by Gasteiger charge is 2.34. The third-order valence-corrected chi connectivity index (χ3v) is 4.40. The van der Waals surface area contributed by atoms with Gasteiger partial charge in [-0.05, 0) is 30.9 Å². The minimum absolute atomic E-state index is 0.115. The van der Waals surface area contributed by atoms with E-state index in [4.69, 9.17) is 5.11 Å². The second-order valence-electron chi connectivity index (χ2n) is 6.05. The smallest absolute Gasteiger partial charge is 0.416 e. The van der Waals surface area contributed by atoms with Gasteiger partial charge in [0.15, 0.2) is 0 Å². The molecule has 1 aliphatic heterocycles. The summed E-state index contributed by atoms with van der Waals surface area (Å²) in [6.45, 7) is 2.29. The van der Waals surface area contributed by atoms with Crippen LogP contribution >= 0.6 is 0 Å². The number of rotatable bonds is 4. The Hall–Kier alpha value is -2.05. The number of halogens is 3. The van der Waals surface area contributed by atoms with Gasteiger partial charge < -0.3 is 10.0 Å². The summed E-state index contributed by atoms with van der Waals surface area (Å²) in [4.78, 5) is 25.3. The Bertz CT molecular complexity index is 615. The number of aliphatic carboxylic acids is 1. The number of carbonyl (C=O) groups is 2. The highest BCUT2D eigenvalue weighted by Crippen LogP contribution is 2.33. The molecule has 132 valence electrons. The number of hydrogen-bond acceptors (Lipinski definition) is 2. The van der Waals surface area contributed by atoms with Crippen LogP contribution in [0.5, 0.6) is 0 Å². The molecule has 7 heteroatoms. The number of piperidine rings is 1. The van der Waals surface area contributed by atoms with Crippen LogP contribution in [-0.2, 0) is 15.8 Å². The Kier molecular flexibility index (Phi) is 5.51. The molecule has 1 saturated heterocycles. The van der Waals surface area contributed by atoms with Crippen molar-refractivity contribution in [2.24, 2.45) is 5.92 Å². The average Bonchev–Trinajstić information content (AvgIpc) is 2.55. The van der Waals surface area contributed by atoms with Crippen molar-refractivity contribution >= 4 is 11.9 Å². The number of nitrogens with zero attached hydrogens (tertiary/aromatic N) is 1. The van der Waals surface area contributed by atoms with Crippen molar-refractivity contribution in [1.82, 2.24) is 4.90 Å². The van der Waals surface area contributed by atoms with Crippen LogP contribution in [-0.4, -0.2) is 35.0 Å². The molecule has 2 rings (SSSR count). The first-order valence-electron chi connectivity index (χ1n) is 7.92. The summed E-state index contributed by atoms with van der Waals surface area (Å²) in [5, 5.41) is 9.11. The van der Waals surface area contributed by atoms with E-state index in [-0.39, 0.29) is 12.5 Å². The van der Waals surface area contributed by atoms with Crippen molar-refractivity contribution < 1.29 is 27.9 Å². The highest BCUT2D eigenvalue weighted by molar-refractivity contribution is 5.84. The average molecular weight is 343 g/mol. The van der Waals surface area contributed by atoms with Gasteiger partial charge >= 0.3 is 12.1 Å². The van der Waals surface area contributed by atoms with Crippen LogP contribution in [0.15, 0.2) is 24.3 Å². The van der Waals surface area contributed by atoms with Crippen LogP contribution in [0.2, 0.25) is 0 Å². The van der Waals surface area contributed by atoms with Crippen molar-refractivity contribution in [2.75, 3.05) is 13.1 Å². The van der Waals surface area contributed by atoms with Crippen LogP contribution in [0.1, 0.15) is 43.2 Å². The lowest BCUT2D eigenvalue weighted by Gasteiger charge is -2.33. The van der Waals surface area contributed by atoms with E-state index in [1.165, 1.54) is 17.0 Å². The molecular weight excluding hydrogens is 323 g/mol. The molecule has 1 aliphatic rings. The van der Waals surface area contributed by atoms with Crippen molar-refractivity contribution in [2.45, 2.75) is 38.3 Å². The number of hydrogen-bond donors (Lipinski definition) is 1. The van der Waals surface area contributed by atoms with Crippen molar-refractivity contribution in [3.63, 3.8) is 0 Å². The molecule has 0 bridgehead atoms. The molecular formula is C17H20F3NO3. The molecule has 24 heavy (non-hydrogen) atoms. The van der Waals surface area contributed by atoms with Crippen LogP contribution < -0.4 is 0 Å². The molecule has 2 unspecified atom stereocenters. The first kappa shape index (κ1) is 18.3. The number of alkyl halides is 3. The number of carbonyl (C=O) groups excluding carboxylic acids is 1. The first-order valence-corrected chi connectivity index (χ1v) is 7.92. The van der Waals surface area contributed by atoms with E-state index in [1.807, 2.05) is 0 Å². The van der Waals surface area contributed by atoms with Gasteiger partial charge in [0.25, 0.3) is 0 Å². The SMILES string of the molecule is CCC(C(=O)N1CCCC(C(=O)O)C1)c1cccc(C(F)(F)F)c1. The molecule has 1 heterocycles. The molecule has 0 saturated carbocycles. The highest BCUT2D eigenvalue weighted by atomic mass is 19.4. The van der Waals surface area contributed by atoms with Crippen LogP contribution in [0, 0.1) is 5.92 Å². The van der Waals surface area contributed by atoms with E-state index in [9.17, 15) is 22.8 Å². The molecule has 0 aromatic heterocycles. The van der Waals surface area contributed by atoms with E-state index in [2.05, 4.69) is 0 Å². The Morgan fingerprint density at radius 2 is 2.08 bits per heavy atom. The third-order valence-electron chi connectivity index (χ3n) is 4.40. The standard InChI is InChI=1S/C17H20F3NO3/c1-2-14(11-5-3-7-13(9-11)17(18,19)20)15(22)21-8-4-6-12(10-21)16(23)24/h3,5,7,9,12,14H,2,4,6,8,10H2,1H3,(H,23,24). The van der Waals surface area contributed by atoms with Gasteiger partial charge in [0.05, 0.1) is 17.4 Å². The fourth-order valence-corrected chi connectivity index (χ4v) is 3.08. The molecule has 1 N–H and O–H groups in total. The predicted molar refractivity (Wildman–Crippen MR) is 81.4 cm³/mol. The van der Waals surface area contributed by atoms with Gasteiger partial charge in [-0.3, -0.25) is 9.59 Å². The Morgan fingerprint density at radius 3 is 2.67 bits per heavy atom. The summed E-state index contributed by atoms with van der Waals surface area (Å²) in [7, 11) is 0. The largest absolute Gasteiger partial charge is 0.481 e. The zero-order valence-corrected chi connectivity index (χ0v) is 13.3. The molecule has 1 fully saturated rings.